The van der Waals surface area contributed by atoms with Gasteiger partial charge in [0.2, 0.25) is 5.91 Å². The van der Waals surface area contributed by atoms with Gasteiger partial charge in [0.05, 0.1) is 6.04 Å². The molecule has 0 saturated heterocycles. The van der Waals surface area contributed by atoms with Gasteiger partial charge in [-0.05, 0) is 32.9 Å². The first-order valence-corrected chi connectivity index (χ1v) is 7.34. The standard InChI is InChI=1S/C12H26N2OS/c1-6-12(7-2,16-5)9-14-10(4)11(15)13-8-3/h10,14H,6-9H2,1-5H3,(H,13,15). The average Bonchev–Trinajstić information content (AvgIpc) is 2.31. The van der Waals surface area contributed by atoms with Crippen LogP contribution in [0.3, 0.4) is 0 Å². The van der Waals surface area contributed by atoms with E-state index < -0.39 is 0 Å². The Labute approximate surface area is 104 Å². The topological polar surface area (TPSA) is 41.1 Å². The van der Waals surface area contributed by atoms with Crippen LogP contribution in [-0.4, -0.2) is 36.0 Å². The van der Waals surface area contributed by atoms with Crippen molar-refractivity contribution in [2.75, 3.05) is 19.3 Å². The quantitative estimate of drug-likeness (QED) is 0.688. The molecular weight excluding hydrogens is 220 g/mol. The van der Waals surface area contributed by atoms with Crippen LogP contribution in [0.15, 0.2) is 0 Å². The van der Waals surface area contributed by atoms with Crippen LogP contribution >= 0.6 is 11.8 Å². The smallest absolute Gasteiger partial charge is 0.236 e. The molecule has 1 unspecified atom stereocenters. The van der Waals surface area contributed by atoms with Gasteiger partial charge in [0.15, 0.2) is 0 Å². The lowest BCUT2D eigenvalue weighted by atomic mass is 10.0. The molecule has 0 aliphatic rings. The summed E-state index contributed by atoms with van der Waals surface area (Å²) in [6.07, 6.45) is 4.39. The molecule has 4 heteroatoms. The second-order valence-corrected chi connectivity index (χ2v) is 5.37. The first-order valence-electron chi connectivity index (χ1n) is 6.11. The molecule has 96 valence electrons. The van der Waals surface area contributed by atoms with Gasteiger partial charge in [-0.15, -0.1) is 0 Å². The molecule has 0 saturated carbocycles. The fourth-order valence-corrected chi connectivity index (χ4v) is 2.42. The van der Waals surface area contributed by atoms with Crippen LogP contribution in [0, 0.1) is 0 Å². The van der Waals surface area contributed by atoms with E-state index in [1.807, 2.05) is 25.6 Å². The number of rotatable bonds is 8. The van der Waals surface area contributed by atoms with Crippen molar-refractivity contribution in [1.82, 2.24) is 10.6 Å². The molecule has 0 bridgehead atoms. The third-order valence-electron chi connectivity index (χ3n) is 3.20. The highest BCUT2D eigenvalue weighted by atomic mass is 32.2. The first kappa shape index (κ1) is 15.8. The van der Waals surface area contributed by atoms with E-state index in [2.05, 4.69) is 30.7 Å². The third kappa shape index (κ3) is 4.74. The summed E-state index contributed by atoms with van der Waals surface area (Å²) in [7, 11) is 0. The Morgan fingerprint density at radius 3 is 2.25 bits per heavy atom. The van der Waals surface area contributed by atoms with Crippen molar-refractivity contribution in [3.05, 3.63) is 0 Å². The lowest BCUT2D eigenvalue weighted by Gasteiger charge is -2.31. The molecule has 16 heavy (non-hydrogen) atoms. The number of hydrogen-bond acceptors (Lipinski definition) is 3. The summed E-state index contributed by atoms with van der Waals surface area (Å²) in [6.45, 7) is 9.85. The molecule has 1 amide bonds. The Morgan fingerprint density at radius 2 is 1.88 bits per heavy atom. The Hall–Kier alpha value is -0.220. The third-order valence-corrected chi connectivity index (χ3v) is 4.78. The predicted octanol–water partition coefficient (Wildman–Crippen LogP) is 2.02. The summed E-state index contributed by atoms with van der Waals surface area (Å²) >= 11 is 1.89. The molecule has 0 heterocycles. The lowest BCUT2D eigenvalue weighted by Crippen LogP contribution is -2.47. The van der Waals surface area contributed by atoms with Crippen molar-refractivity contribution >= 4 is 17.7 Å². The van der Waals surface area contributed by atoms with E-state index in [1.54, 1.807) is 0 Å². The Morgan fingerprint density at radius 1 is 1.31 bits per heavy atom. The summed E-state index contributed by atoms with van der Waals surface area (Å²) in [5, 5.41) is 6.16. The van der Waals surface area contributed by atoms with Gasteiger partial charge in [0.25, 0.3) is 0 Å². The summed E-state index contributed by atoms with van der Waals surface area (Å²) in [4.78, 5) is 11.5. The number of amides is 1. The molecule has 0 aliphatic heterocycles. The maximum Gasteiger partial charge on any atom is 0.236 e. The highest BCUT2D eigenvalue weighted by Gasteiger charge is 2.26. The maximum absolute atomic E-state index is 11.5. The van der Waals surface area contributed by atoms with Gasteiger partial charge in [-0.1, -0.05) is 13.8 Å². The van der Waals surface area contributed by atoms with E-state index in [9.17, 15) is 4.79 Å². The van der Waals surface area contributed by atoms with Crippen LogP contribution in [0.1, 0.15) is 40.5 Å². The molecule has 0 radical (unpaired) electrons. The van der Waals surface area contributed by atoms with Gasteiger partial charge in [-0.2, -0.15) is 11.8 Å². The first-order chi connectivity index (χ1) is 7.55. The van der Waals surface area contributed by atoms with Crippen LogP contribution in [0.2, 0.25) is 0 Å². The van der Waals surface area contributed by atoms with E-state index in [0.717, 1.165) is 19.4 Å². The maximum atomic E-state index is 11.5. The molecule has 0 rings (SSSR count). The number of thioether (sulfide) groups is 1. The molecule has 2 N–H and O–H groups in total. The zero-order valence-corrected chi connectivity index (χ0v) is 12.0. The van der Waals surface area contributed by atoms with E-state index in [4.69, 9.17) is 0 Å². The summed E-state index contributed by atoms with van der Waals surface area (Å²) in [5.74, 6) is 0.0877. The number of nitrogens with one attached hydrogen (secondary N) is 2. The highest BCUT2D eigenvalue weighted by Crippen LogP contribution is 2.29. The van der Waals surface area contributed by atoms with Crippen LogP contribution in [0.5, 0.6) is 0 Å². The number of likely N-dealkylation sites (N-methyl/N-ethyl adjacent to an activating group) is 1. The van der Waals surface area contributed by atoms with E-state index in [-0.39, 0.29) is 16.7 Å². The van der Waals surface area contributed by atoms with Gasteiger partial charge in [-0.3, -0.25) is 4.79 Å². The molecule has 0 aromatic carbocycles. The van der Waals surface area contributed by atoms with Crippen molar-refractivity contribution in [2.45, 2.75) is 51.3 Å². The van der Waals surface area contributed by atoms with Gasteiger partial charge in [0.1, 0.15) is 0 Å². The zero-order chi connectivity index (χ0) is 12.6. The minimum atomic E-state index is -0.107. The molecule has 0 aromatic heterocycles. The van der Waals surface area contributed by atoms with Crippen LogP contribution < -0.4 is 10.6 Å². The summed E-state index contributed by atoms with van der Waals surface area (Å²) < 4.78 is 0.265. The Balaban J connectivity index is 4.15. The minimum Gasteiger partial charge on any atom is -0.355 e. The molecule has 1 atom stereocenters. The van der Waals surface area contributed by atoms with Crippen LogP contribution in [-0.2, 0) is 4.79 Å². The van der Waals surface area contributed by atoms with Crippen molar-refractivity contribution in [3.8, 4) is 0 Å². The molecule has 0 aliphatic carbocycles. The fourth-order valence-electron chi connectivity index (χ4n) is 1.62. The van der Waals surface area contributed by atoms with E-state index in [1.165, 1.54) is 0 Å². The number of carbonyl (C=O) groups excluding carboxylic acids is 1. The lowest BCUT2D eigenvalue weighted by molar-refractivity contribution is -0.122. The van der Waals surface area contributed by atoms with Gasteiger partial charge in [-0.25, -0.2) is 0 Å². The van der Waals surface area contributed by atoms with Crippen LogP contribution in [0.25, 0.3) is 0 Å². The van der Waals surface area contributed by atoms with Crippen LogP contribution in [0.4, 0.5) is 0 Å². The summed E-state index contributed by atoms with van der Waals surface area (Å²) in [5.41, 5.74) is 0. The van der Waals surface area contributed by atoms with Gasteiger partial charge in [0, 0.05) is 17.8 Å². The predicted molar refractivity (Wildman–Crippen MR) is 73.0 cm³/mol. The molecule has 3 nitrogen and oxygen atoms in total. The number of hydrogen-bond donors (Lipinski definition) is 2. The van der Waals surface area contributed by atoms with Gasteiger partial charge < -0.3 is 10.6 Å². The average molecular weight is 246 g/mol. The second-order valence-electron chi connectivity index (χ2n) is 4.09. The zero-order valence-electron chi connectivity index (χ0n) is 11.2. The van der Waals surface area contributed by atoms with E-state index in [0.29, 0.717) is 6.54 Å². The molecule has 0 aromatic rings. The summed E-state index contributed by atoms with van der Waals surface area (Å²) in [6, 6.07) is -0.107. The monoisotopic (exact) mass is 246 g/mol. The minimum absolute atomic E-state index is 0.0877. The fraction of sp³-hybridized carbons (Fsp3) is 0.917. The largest absolute Gasteiger partial charge is 0.355 e. The molecular formula is C12H26N2OS. The van der Waals surface area contributed by atoms with Crippen molar-refractivity contribution in [2.24, 2.45) is 0 Å². The van der Waals surface area contributed by atoms with E-state index >= 15 is 0 Å². The highest BCUT2D eigenvalue weighted by molar-refractivity contribution is 8.00. The number of carbonyl (C=O) groups is 1. The van der Waals surface area contributed by atoms with Crippen molar-refractivity contribution < 1.29 is 4.79 Å². The second kappa shape index (κ2) is 7.96. The Kier molecular flexibility index (Phi) is 7.85. The van der Waals surface area contributed by atoms with Crippen molar-refractivity contribution in [3.63, 3.8) is 0 Å². The molecule has 0 fully saturated rings. The molecule has 0 spiro atoms. The normalized spacial score (nSPS) is 13.6. The van der Waals surface area contributed by atoms with Crippen molar-refractivity contribution in [1.29, 1.82) is 0 Å². The SMILES string of the molecule is CCNC(=O)C(C)NCC(CC)(CC)SC. The Bertz CT molecular complexity index is 197. The van der Waals surface area contributed by atoms with Gasteiger partial charge >= 0.3 is 0 Å².